The molecule has 1 aliphatic carbocycles. The number of aromatic nitrogens is 2. The molecule has 2 aliphatic heterocycles. The molecule has 0 radical (unpaired) electrons. The largest absolute Gasteiger partial charge is 0.489 e. The Morgan fingerprint density at radius 1 is 1.02 bits per heavy atom. The van der Waals surface area contributed by atoms with E-state index in [-0.39, 0.29) is 29.7 Å². The van der Waals surface area contributed by atoms with Crippen LogP contribution in [0, 0.1) is 22.2 Å². The van der Waals surface area contributed by atoms with E-state index < -0.39 is 22.7 Å². The van der Waals surface area contributed by atoms with Gasteiger partial charge in [0.15, 0.2) is 11.5 Å². The number of primary amides is 1. The summed E-state index contributed by atoms with van der Waals surface area (Å²) in [5, 5.41) is 17.6. The van der Waals surface area contributed by atoms with Gasteiger partial charge in [-0.15, -0.1) is 10.2 Å². The molecule has 3 fully saturated rings. The Labute approximate surface area is 285 Å². The van der Waals surface area contributed by atoms with Crippen molar-refractivity contribution in [1.29, 1.82) is 5.26 Å². The number of anilines is 1. The van der Waals surface area contributed by atoms with Crippen molar-refractivity contribution in [2.24, 2.45) is 16.6 Å². The fourth-order valence-corrected chi connectivity index (χ4v) is 8.40. The molecule has 1 atom stereocenters. The van der Waals surface area contributed by atoms with Crippen molar-refractivity contribution in [3.63, 3.8) is 0 Å². The Hall–Kier alpha value is -4.53. The number of nitrogens with zero attached hydrogens (tertiary/aromatic N) is 6. The van der Waals surface area contributed by atoms with E-state index in [1.54, 1.807) is 30.3 Å². The monoisotopic (exact) mass is 669 g/mol. The van der Waals surface area contributed by atoms with Crippen molar-refractivity contribution >= 4 is 35.1 Å². The van der Waals surface area contributed by atoms with Crippen LogP contribution in [0.1, 0.15) is 73.6 Å². The van der Waals surface area contributed by atoms with Crippen LogP contribution >= 0.6 is 11.6 Å². The predicted molar refractivity (Wildman–Crippen MR) is 180 cm³/mol. The molecule has 2 aromatic carbocycles. The van der Waals surface area contributed by atoms with Crippen molar-refractivity contribution in [2.45, 2.75) is 65.1 Å². The second-order valence-corrected chi connectivity index (χ2v) is 14.5. The zero-order valence-corrected chi connectivity index (χ0v) is 28.4. The Kier molecular flexibility index (Phi) is 8.92. The van der Waals surface area contributed by atoms with Gasteiger partial charge in [-0.3, -0.25) is 24.2 Å². The van der Waals surface area contributed by atoms with Crippen LogP contribution in [0.25, 0.3) is 0 Å². The number of halogens is 1. The number of amides is 3. The van der Waals surface area contributed by atoms with E-state index in [4.69, 9.17) is 22.1 Å². The molecule has 3 aromatic rings. The molecule has 48 heavy (non-hydrogen) atoms. The van der Waals surface area contributed by atoms with Gasteiger partial charge < -0.3 is 15.4 Å². The molecule has 2 saturated heterocycles. The maximum atomic E-state index is 14.2. The van der Waals surface area contributed by atoms with Crippen molar-refractivity contribution in [3.8, 4) is 11.8 Å². The zero-order valence-electron chi connectivity index (χ0n) is 27.6. The summed E-state index contributed by atoms with van der Waals surface area (Å²) >= 11 is 6.27. The lowest BCUT2D eigenvalue weighted by Gasteiger charge is -2.65. The van der Waals surface area contributed by atoms with Crippen LogP contribution in [0.15, 0.2) is 54.6 Å². The van der Waals surface area contributed by atoms with Gasteiger partial charge in [-0.1, -0.05) is 63.6 Å². The molecular weight excluding hydrogens is 630 g/mol. The molecule has 1 aromatic heterocycles. The number of rotatable bonds is 8. The maximum Gasteiger partial charge on any atom is 0.269 e. The number of piperidine rings is 1. The molecule has 0 spiro atoms. The van der Waals surface area contributed by atoms with Gasteiger partial charge in [0.05, 0.1) is 22.5 Å². The Morgan fingerprint density at radius 3 is 2.38 bits per heavy atom. The van der Waals surface area contributed by atoms with E-state index in [1.165, 1.54) is 4.90 Å². The number of ether oxygens (including phenoxy) is 1. The van der Waals surface area contributed by atoms with Gasteiger partial charge in [0.1, 0.15) is 17.9 Å². The normalized spacial score (nSPS) is 23.7. The summed E-state index contributed by atoms with van der Waals surface area (Å²) in [5.74, 6) is -0.0620. The summed E-state index contributed by atoms with van der Waals surface area (Å²) in [6.07, 6.45) is 0.472. The lowest BCUT2D eigenvalue weighted by molar-refractivity contribution is -0.215. The molecule has 1 unspecified atom stereocenters. The van der Waals surface area contributed by atoms with E-state index in [2.05, 4.69) is 38.2 Å². The highest BCUT2D eigenvalue weighted by atomic mass is 35.5. The second kappa shape index (κ2) is 12.8. The average molecular weight is 670 g/mol. The maximum absolute atomic E-state index is 14.2. The summed E-state index contributed by atoms with van der Waals surface area (Å²) < 4.78 is 6.42. The van der Waals surface area contributed by atoms with Crippen LogP contribution in [0.2, 0.25) is 5.02 Å². The van der Waals surface area contributed by atoms with Crippen molar-refractivity contribution < 1.29 is 19.1 Å². The third-order valence-corrected chi connectivity index (χ3v) is 10.5. The smallest absolute Gasteiger partial charge is 0.269 e. The molecular formula is C36H40ClN7O4. The number of carbonyl (C=O) groups excluding carboxylic acids is 3. The van der Waals surface area contributed by atoms with Gasteiger partial charge in [-0.2, -0.15) is 5.26 Å². The van der Waals surface area contributed by atoms with E-state index in [1.807, 2.05) is 39.8 Å². The Bertz CT molecular complexity index is 1760. The molecule has 11 nitrogen and oxygen atoms in total. The van der Waals surface area contributed by atoms with Crippen LogP contribution in [-0.2, 0) is 16.1 Å². The summed E-state index contributed by atoms with van der Waals surface area (Å²) in [5.41, 5.74) is 6.77. The number of benzene rings is 2. The fraction of sp³-hybridized carbons (Fsp3) is 0.444. The quantitative estimate of drug-likeness (QED) is 0.342. The highest BCUT2D eigenvalue weighted by Gasteiger charge is 2.68. The highest BCUT2D eigenvalue weighted by Crippen LogP contribution is 2.59. The van der Waals surface area contributed by atoms with Crippen molar-refractivity contribution in [1.82, 2.24) is 20.0 Å². The first-order valence-corrected chi connectivity index (χ1v) is 16.6. The van der Waals surface area contributed by atoms with Gasteiger partial charge in [0.25, 0.3) is 5.91 Å². The van der Waals surface area contributed by atoms with Gasteiger partial charge in [0.2, 0.25) is 11.8 Å². The van der Waals surface area contributed by atoms with E-state index in [0.29, 0.717) is 35.0 Å². The summed E-state index contributed by atoms with van der Waals surface area (Å²) in [4.78, 5) is 45.0. The van der Waals surface area contributed by atoms with Crippen LogP contribution < -0.4 is 15.4 Å². The minimum atomic E-state index is -0.600. The summed E-state index contributed by atoms with van der Waals surface area (Å²) in [6, 6.07) is 18.2. The molecule has 250 valence electrons. The third kappa shape index (κ3) is 6.11. The predicted octanol–water partition coefficient (Wildman–Crippen LogP) is 4.54. The van der Waals surface area contributed by atoms with Gasteiger partial charge in [0, 0.05) is 56.0 Å². The minimum absolute atomic E-state index is 0.143. The molecule has 3 heterocycles. The molecule has 0 bridgehead atoms. The first kappa shape index (κ1) is 33.4. The molecule has 1 saturated carbocycles. The van der Waals surface area contributed by atoms with Crippen molar-refractivity contribution in [3.05, 3.63) is 82.0 Å². The van der Waals surface area contributed by atoms with Gasteiger partial charge in [-0.05, 0) is 41.8 Å². The number of hydrogen-bond donors (Lipinski definition) is 1. The van der Waals surface area contributed by atoms with Crippen molar-refractivity contribution in [2.75, 3.05) is 31.1 Å². The van der Waals surface area contributed by atoms with E-state index in [0.717, 1.165) is 43.9 Å². The minimum Gasteiger partial charge on any atom is -0.489 e. The van der Waals surface area contributed by atoms with Crippen LogP contribution in [0.4, 0.5) is 5.82 Å². The molecule has 12 heteroatoms. The second-order valence-electron chi connectivity index (χ2n) is 14.1. The molecule has 6 rings (SSSR count). The summed E-state index contributed by atoms with van der Waals surface area (Å²) in [7, 11) is 0. The number of nitriles is 1. The topological polar surface area (TPSA) is 146 Å². The number of likely N-dealkylation sites (tertiary alicyclic amines) is 1. The SMILES string of the molecule is CC1(C)C(Oc2ccc(C#N)c(Cl)c2)C(C)(C)C1N1C(=O)CCC(c2cccc(CN3CCN(c4ccc(C(N)=O)nn4)CC3)c2)C1=O. The standard InChI is InChI=1S/C36H40ClN7O4/c1-35(2)33(36(3,4)34(35)48-25-9-8-24(20-38)27(37)19-25)44-30(45)13-10-26(32(44)47)23-7-5-6-22(18-23)21-42-14-16-43(17-15-42)29-12-11-28(31(39)46)40-41-29/h5-9,11-12,18-19,26,33-34H,10,13-17,21H2,1-4H3,(H2,39,46). The number of nitrogens with two attached hydrogens (primary N) is 1. The number of hydrogen-bond acceptors (Lipinski definition) is 9. The Balaban J connectivity index is 1.12. The van der Waals surface area contributed by atoms with Gasteiger partial charge in [-0.25, -0.2) is 0 Å². The van der Waals surface area contributed by atoms with E-state index in [9.17, 15) is 19.6 Å². The third-order valence-electron chi connectivity index (χ3n) is 10.1. The number of piperazine rings is 1. The molecule has 3 aliphatic rings. The highest BCUT2D eigenvalue weighted by molar-refractivity contribution is 6.31. The first-order chi connectivity index (χ1) is 22.8. The van der Waals surface area contributed by atoms with E-state index >= 15 is 0 Å². The van der Waals surface area contributed by atoms with Crippen LogP contribution in [0.3, 0.4) is 0 Å². The first-order valence-electron chi connectivity index (χ1n) is 16.2. The average Bonchev–Trinajstić information content (AvgIpc) is 3.06. The lowest BCUT2D eigenvalue weighted by atomic mass is 9.48. The lowest BCUT2D eigenvalue weighted by Crippen LogP contribution is -2.76. The fourth-order valence-electron chi connectivity index (χ4n) is 8.18. The Morgan fingerprint density at radius 2 is 1.75 bits per heavy atom. The van der Waals surface area contributed by atoms with Crippen LogP contribution in [0.5, 0.6) is 5.75 Å². The molecule has 3 amide bonds. The summed E-state index contributed by atoms with van der Waals surface area (Å²) in [6.45, 7) is 12.0. The van der Waals surface area contributed by atoms with Gasteiger partial charge >= 0.3 is 0 Å². The molecule has 2 N–H and O–H groups in total. The van der Waals surface area contributed by atoms with Crippen LogP contribution in [-0.4, -0.2) is 76.0 Å². The number of carbonyl (C=O) groups is 3. The zero-order chi connectivity index (χ0) is 34.4. The number of imide groups is 1.